The lowest BCUT2D eigenvalue weighted by Crippen LogP contribution is -2.24. The normalized spacial score (nSPS) is 19.3. The van der Waals surface area contributed by atoms with Gasteiger partial charge in [-0.1, -0.05) is 11.3 Å². The molecule has 0 bridgehead atoms. The van der Waals surface area contributed by atoms with Crippen LogP contribution in [0.15, 0.2) is 0 Å². The number of nitrogens with zero attached hydrogens (tertiary/aromatic N) is 4. The van der Waals surface area contributed by atoms with Crippen LogP contribution >= 0.6 is 11.3 Å². The van der Waals surface area contributed by atoms with Crippen molar-refractivity contribution >= 4 is 22.1 Å². The maximum absolute atomic E-state index is 13.3. The number of halogens is 5. The van der Waals surface area contributed by atoms with Gasteiger partial charge in [0.25, 0.3) is 0 Å². The van der Waals surface area contributed by atoms with Crippen molar-refractivity contribution in [2.45, 2.75) is 32.2 Å². The highest BCUT2D eigenvalue weighted by Gasteiger charge is 2.40. The first-order valence-corrected chi connectivity index (χ1v) is 8.47. The van der Waals surface area contributed by atoms with Gasteiger partial charge in [-0.25, -0.2) is 18.3 Å². The van der Waals surface area contributed by atoms with Gasteiger partial charge in [0.1, 0.15) is 5.01 Å². The zero-order chi connectivity index (χ0) is 19.1. The molecular weight excluding hydrogens is 383 g/mol. The minimum Gasteiger partial charge on any atom is -0.377 e. The van der Waals surface area contributed by atoms with Crippen LogP contribution in [0.5, 0.6) is 0 Å². The van der Waals surface area contributed by atoms with E-state index >= 15 is 0 Å². The fraction of sp³-hybridized carbons (Fsp3) is 0.643. The number of rotatable bonds is 6. The Bertz CT molecular complexity index is 803. The predicted octanol–water partition coefficient (Wildman–Crippen LogP) is 2.61. The third kappa shape index (κ3) is 3.86. The molecule has 3 rings (SSSR count). The highest BCUT2D eigenvalue weighted by molar-refractivity contribution is 7.16. The molecule has 0 radical (unpaired) electrons. The molecule has 1 atom stereocenters. The molecule has 0 N–H and O–H groups in total. The van der Waals surface area contributed by atoms with Crippen LogP contribution in [0.3, 0.4) is 0 Å². The summed E-state index contributed by atoms with van der Waals surface area (Å²) in [5, 5.41) is 4.54. The number of carbonyl (C=O) groups excluding carboxylic acids is 1. The number of Topliss-reactive ketones (excluding diaryl/α,β-unsaturated/α-hetero) is 1. The van der Waals surface area contributed by atoms with Crippen LogP contribution < -0.4 is 0 Å². The molecule has 1 unspecified atom stereocenters. The number of hydrogen-bond donors (Lipinski definition) is 0. The molecule has 2 aromatic heterocycles. The van der Waals surface area contributed by atoms with Gasteiger partial charge in [-0.2, -0.15) is 18.3 Å². The van der Waals surface area contributed by atoms with Crippen LogP contribution in [0.2, 0.25) is 0 Å². The number of likely N-dealkylation sites (tertiary alicyclic amines) is 1. The average molecular weight is 398 g/mol. The minimum absolute atomic E-state index is 0.0111. The Kier molecular flexibility index (Phi) is 5.26. The molecule has 144 valence electrons. The lowest BCUT2D eigenvalue weighted by atomic mass is 10.0. The van der Waals surface area contributed by atoms with Crippen LogP contribution in [-0.2, 0) is 28.9 Å². The van der Waals surface area contributed by atoms with Gasteiger partial charge in [-0.3, -0.25) is 9.69 Å². The second-order valence-corrected chi connectivity index (χ2v) is 7.03. The van der Waals surface area contributed by atoms with Crippen LogP contribution in [-0.4, -0.2) is 51.9 Å². The highest BCUT2D eigenvalue weighted by atomic mass is 32.1. The molecule has 6 nitrogen and oxygen atoms in total. The Balaban J connectivity index is 1.89. The number of imidazole rings is 1. The topological polar surface area (TPSA) is 59.7 Å². The Morgan fingerprint density at radius 1 is 1.38 bits per heavy atom. The first-order chi connectivity index (χ1) is 12.2. The Hall–Kier alpha value is -1.66. The maximum atomic E-state index is 13.3. The molecule has 1 aliphatic heterocycles. The van der Waals surface area contributed by atoms with E-state index in [1.165, 1.54) is 12.0 Å². The van der Waals surface area contributed by atoms with Gasteiger partial charge in [0, 0.05) is 32.5 Å². The number of hydrogen-bond acceptors (Lipinski definition) is 6. The maximum Gasteiger partial charge on any atom is 0.435 e. The molecule has 0 aliphatic carbocycles. The van der Waals surface area contributed by atoms with Gasteiger partial charge in [-0.05, 0) is 0 Å². The summed E-state index contributed by atoms with van der Waals surface area (Å²) in [6, 6.07) is 0. The van der Waals surface area contributed by atoms with E-state index in [-0.39, 0.29) is 36.9 Å². The van der Waals surface area contributed by atoms with Crippen molar-refractivity contribution in [2.75, 3.05) is 20.2 Å². The van der Waals surface area contributed by atoms with Gasteiger partial charge in [0.05, 0.1) is 18.8 Å². The van der Waals surface area contributed by atoms with Crippen LogP contribution in [0.4, 0.5) is 22.0 Å². The molecular formula is C14H15F5N4O2S. The summed E-state index contributed by atoms with van der Waals surface area (Å²) < 4.78 is 71.0. The van der Waals surface area contributed by atoms with Crippen molar-refractivity contribution in [3.05, 3.63) is 16.4 Å². The molecule has 0 spiro atoms. The van der Waals surface area contributed by atoms with Gasteiger partial charge in [-0.15, -0.1) is 0 Å². The molecule has 0 saturated carbocycles. The van der Waals surface area contributed by atoms with Gasteiger partial charge in [0.15, 0.2) is 11.5 Å². The summed E-state index contributed by atoms with van der Waals surface area (Å²) in [6.45, 7) is -0.301. The number of ether oxygens (including phenoxy) is 1. The van der Waals surface area contributed by atoms with E-state index in [1.807, 2.05) is 0 Å². The summed E-state index contributed by atoms with van der Waals surface area (Å²) in [5.41, 5.74) is -1.29. The molecule has 12 heteroatoms. The number of alkyl halides is 5. The largest absolute Gasteiger partial charge is 0.435 e. The highest BCUT2D eigenvalue weighted by Crippen LogP contribution is 2.34. The van der Waals surface area contributed by atoms with E-state index in [4.69, 9.17) is 4.74 Å². The van der Waals surface area contributed by atoms with E-state index in [0.29, 0.717) is 5.01 Å². The van der Waals surface area contributed by atoms with Crippen LogP contribution in [0.1, 0.15) is 22.8 Å². The van der Waals surface area contributed by atoms with Crippen LogP contribution in [0.25, 0.3) is 4.96 Å². The summed E-state index contributed by atoms with van der Waals surface area (Å²) >= 11 is 0.971. The number of methoxy groups -OCH3 is 1. The molecule has 0 aromatic carbocycles. The quantitative estimate of drug-likeness (QED) is 0.701. The number of ketones is 1. The van der Waals surface area contributed by atoms with Crippen molar-refractivity contribution in [2.24, 2.45) is 5.92 Å². The second kappa shape index (κ2) is 7.16. The Morgan fingerprint density at radius 2 is 2.12 bits per heavy atom. The first-order valence-electron chi connectivity index (χ1n) is 7.65. The average Bonchev–Trinajstić information content (AvgIpc) is 3.14. The van der Waals surface area contributed by atoms with Gasteiger partial charge >= 0.3 is 6.18 Å². The fourth-order valence-corrected chi connectivity index (χ4v) is 3.85. The lowest BCUT2D eigenvalue weighted by Gasteiger charge is -2.15. The third-order valence-electron chi connectivity index (χ3n) is 4.02. The van der Waals surface area contributed by atoms with E-state index < -0.39 is 36.4 Å². The second-order valence-electron chi connectivity index (χ2n) is 5.99. The van der Waals surface area contributed by atoms with Crippen molar-refractivity contribution in [3.63, 3.8) is 0 Å². The SMILES string of the molecule is COCc1nn2c(CN3CC(=O)C(CC(F)F)C3)c(C(F)(F)F)nc2s1. The summed E-state index contributed by atoms with van der Waals surface area (Å²) in [6.07, 6.45) is -7.90. The smallest absolute Gasteiger partial charge is 0.377 e. The Morgan fingerprint density at radius 3 is 2.73 bits per heavy atom. The van der Waals surface area contributed by atoms with Crippen molar-refractivity contribution in [1.29, 1.82) is 0 Å². The number of fused-ring (bicyclic) bond motifs is 1. The monoisotopic (exact) mass is 398 g/mol. The summed E-state index contributed by atoms with van der Waals surface area (Å²) in [4.78, 5) is 16.9. The summed E-state index contributed by atoms with van der Waals surface area (Å²) in [7, 11) is 1.44. The zero-order valence-electron chi connectivity index (χ0n) is 13.6. The molecule has 0 amide bonds. The first kappa shape index (κ1) is 19.1. The molecule has 1 saturated heterocycles. The molecule has 1 fully saturated rings. The number of carbonyl (C=O) groups is 1. The zero-order valence-corrected chi connectivity index (χ0v) is 14.4. The molecule has 3 heterocycles. The van der Waals surface area contributed by atoms with Gasteiger partial charge in [0.2, 0.25) is 11.4 Å². The fourth-order valence-electron chi connectivity index (χ4n) is 2.96. The van der Waals surface area contributed by atoms with Gasteiger partial charge < -0.3 is 4.74 Å². The molecule has 26 heavy (non-hydrogen) atoms. The summed E-state index contributed by atoms with van der Waals surface area (Å²) in [5.74, 6) is -1.26. The molecule has 1 aliphatic rings. The Labute approximate surface area is 148 Å². The third-order valence-corrected chi connectivity index (χ3v) is 4.91. The van der Waals surface area contributed by atoms with Crippen molar-refractivity contribution in [3.8, 4) is 0 Å². The van der Waals surface area contributed by atoms with E-state index in [1.54, 1.807) is 0 Å². The van der Waals surface area contributed by atoms with Crippen molar-refractivity contribution < 1.29 is 31.5 Å². The molecule has 2 aromatic rings. The van der Waals surface area contributed by atoms with Crippen molar-refractivity contribution in [1.82, 2.24) is 19.5 Å². The minimum atomic E-state index is -4.68. The number of aromatic nitrogens is 3. The van der Waals surface area contributed by atoms with Crippen LogP contribution in [0, 0.1) is 5.92 Å². The predicted molar refractivity (Wildman–Crippen MR) is 81.0 cm³/mol. The lowest BCUT2D eigenvalue weighted by molar-refractivity contribution is -0.141. The standard InChI is InChI=1S/C14H15F5N4O2S/c1-25-6-11-21-23-8(12(14(17,18)19)20-13(23)26-11)4-22-3-7(2-10(15)16)9(24)5-22/h7,10H,2-6H2,1H3. The van der Waals surface area contributed by atoms with E-state index in [0.717, 1.165) is 15.9 Å². The van der Waals surface area contributed by atoms with E-state index in [2.05, 4.69) is 10.1 Å². The van der Waals surface area contributed by atoms with E-state index in [9.17, 15) is 26.7 Å².